The van der Waals surface area contributed by atoms with Crippen LogP contribution in [-0.4, -0.2) is 24.5 Å². The Morgan fingerprint density at radius 2 is 1.94 bits per heavy atom. The number of rotatable bonds is 6. The van der Waals surface area contributed by atoms with Crippen LogP contribution in [0.25, 0.3) is 10.8 Å². The highest BCUT2D eigenvalue weighted by Crippen LogP contribution is 2.25. The number of hydrogen-bond acceptors (Lipinski definition) is 3. The summed E-state index contributed by atoms with van der Waals surface area (Å²) >= 11 is 0. The van der Waals surface area contributed by atoms with Crippen molar-refractivity contribution in [3.05, 3.63) is 42.5 Å². The Hall–Kier alpha value is -1.58. The number of aliphatic hydroxyl groups excluding tert-OH is 1. The minimum atomic E-state index is -0.495. The summed E-state index contributed by atoms with van der Waals surface area (Å²) in [5.41, 5.74) is 0. The monoisotopic (exact) mass is 245 g/mol. The van der Waals surface area contributed by atoms with Crippen molar-refractivity contribution in [3.8, 4) is 5.75 Å². The van der Waals surface area contributed by atoms with Crippen LogP contribution in [0, 0.1) is 0 Å². The van der Waals surface area contributed by atoms with E-state index in [-0.39, 0.29) is 0 Å². The molecule has 0 aliphatic heterocycles. The minimum absolute atomic E-state index is 0.495. The first kappa shape index (κ1) is 12.9. The van der Waals surface area contributed by atoms with Gasteiger partial charge in [0.2, 0.25) is 0 Å². The number of benzene rings is 2. The lowest BCUT2D eigenvalue weighted by Gasteiger charge is -2.13. The summed E-state index contributed by atoms with van der Waals surface area (Å²) < 4.78 is 5.74. The van der Waals surface area contributed by atoms with Gasteiger partial charge in [-0.2, -0.15) is 0 Å². The Bertz CT molecular complexity index is 493. The molecule has 0 fully saturated rings. The molecule has 2 N–H and O–H groups in total. The van der Waals surface area contributed by atoms with Crippen molar-refractivity contribution in [2.24, 2.45) is 0 Å². The van der Waals surface area contributed by atoms with E-state index < -0.39 is 6.23 Å². The van der Waals surface area contributed by atoms with Crippen molar-refractivity contribution in [1.29, 1.82) is 0 Å². The lowest BCUT2D eigenvalue weighted by atomic mass is 10.1. The third-order valence-corrected chi connectivity index (χ3v) is 2.84. The molecule has 0 heterocycles. The van der Waals surface area contributed by atoms with Gasteiger partial charge in [0.15, 0.2) is 0 Å². The van der Waals surface area contributed by atoms with Gasteiger partial charge >= 0.3 is 0 Å². The van der Waals surface area contributed by atoms with E-state index in [0.717, 1.165) is 17.7 Å². The van der Waals surface area contributed by atoms with E-state index in [4.69, 9.17) is 4.74 Å². The van der Waals surface area contributed by atoms with Crippen molar-refractivity contribution < 1.29 is 9.84 Å². The number of aliphatic hydroxyl groups is 1. The Kier molecular flexibility index (Phi) is 4.56. The van der Waals surface area contributed by atoms with Gasteiger partial charge in [-0.05, 0) is 18.0 Å². The molecule has 0 saturated carbocycles. The van der Waals surface area contributed by atoms with Crippen LogP contribution < -0.4 is 10.1 Å². The number of nitrogens with one attached hydrogen (secondary N) is 1. The minimum Gasteiger partial charge on any atom is -0.493 e. The molecule has 2 rings (SSSR count). The molecular formula is C15H19NO2. The standard InChI is InChI=1S/C15H19NO2/c1-2-16-15(17)10-11-18-14-9-5-7-12-6-3-4-8-13(12)14/h3-9,15-17H,2,10-11H2,1H3. The van der Waals surface area contributed by atoms with E-state index in [2.05, 4.69) is 17.4 Å². The zero-order valence-corrected chi connectivity index (χ0v) is 10.6. The second kappa shape index (κ2) is 6.38. The fraction of sp³-hybridized carbons (Fsp3) is 0.333. The fourth-order valence-electron chi connectivity index (χ4n) is 1.94. The zero-order chi connectivity index (χ0) is 12.8. The van der Waals surface area contributed by atoms with E-state index in [9.17, 15) is 5.11 Å². The summed E-state index contributed by atoms with van der Waals surface area (Å²) in [5.74, 6) is 0.872. The van der Waals surface area contributed by atoms with Crippen molar-refractivity contribution in [3.63, 3.8) is 0 Å². The Labute approximate surface area is 107 Å². The second-order valence-electron chi connectivity index (χ2n) is 4.19. The van der Waals surface area contributed by atoms with Crippen molar-refractivity contribution in [1.82, 2.24) is 5.32 Å². The first-order valence-electron chi connectivity index (χ1n) is 6.33. The summed E-state index contributed by atoms with van der Waals surface area (Å²) in [4.78, 5) is 0. The van der Waals surface area contributed by atoms with Crippen LogP contribution in [0.3, 0.4) is 0 Å². The van der Waals surface area contributed by atoms with E-state index in [1.165, 1.54) is 5.39 Å². The van der Waals surface area contributed by atoms with Crippen molar-refractivity contribution in [2.75, 3.05) is 13.2 Å². The molecule has 1 atom stereocenters. The quantitative estimate of drug-likeness (QED) is 0.768. The van der Waals surface area contributed by atoms with Gasteiger partial charge in [-0.3, -0.25) is 5.32 Å². The molecule has 1 unspecified atom stereocenters. The topological polar surface area (TPSA) is 41.5 Å². The van der Waals surface area contributed by atoms with Crippen molar-refractivity contribution >= 4 is 10.8 Å². The molecule has 0 bridgehead atoms. The predicted octanol–water partition coefficient (Wildman–Crippen LogP) is 2.54. The fourth-order valence-corrected chi connectivity index (χ4v) is 1.94. The predicted molar refractivity (Wildman–Crippen MR) is 73.7 cm³/mol. The maximum absolute atomic E-state index is 9.55. The molecule has 96 valence electrons. The van der Waals surface area contributed by atoms with Gasteiger partial charge < -0.3 is 9.84 Å². The first-order valence-corrected chi connectivity index (χ1v) is 6.33. The summed E-state index contributed by atoms with van der Waals surface area (Å²) in [7, 11) is 0. The highest BCUT2D eigenvalue weighted by molar-refractivity contribution is 5.88. The number of hydrogen-bond donors (Lipinski definition) is 2. The molecule has 0 aliphatic carbocycles. The van der Waals surface area contributed by atoms with Gasteiger partial charge in [-0.25, -0.2) is 0 Å². The molecule has 3 heteroatoms. The molecule has 0 aliphatic rings. The molecular weight excluding hydrogens is 226 g/mol. The normalized spacial score (nSPS) is 12.6. The van der Waals surface area contributed by atoms with E-state index in [1.54, 1.807) is 0 Å². The van der Waals surface area contributed by atoms with Crippen LogP contribution in [0.1, 0.15) is 13.3 Å². The molecule has 2 aromatic rings. The molecule has 18 heavy (non-hydrogen) atoms. The SMILES string of the molecule is CCNC(O)CCOc1cccc2ccccc12. The Morgan fingerprint density at radius 3 is 2.78 bits per heavy atom. The van der Waals surface area contributed by atoms with Gasteiger partial charge in [0.1, 0.15) is 12.0 Å². The first-order chi connectivity index (χ1) is 8.81. The van der Waals surface area contributed by atoms with Crippen LogP contribution in [0.2, 0.25) is 0 Å². The molecule has 0 amide bonds. The average molecular weight is 245 g/mol. The largest absolute Gasteiger partial charge is 0.493 e. The maximum Gasteiger partial charge on any atom is 0.127 e. The summed E-state index contributed by atoms with van der Waals surface area (Å²) in [6.45, 7) is 3.23. The average Bonchev–Trinajstić information content (AvgIpc) is 2.39. The summed E-state index contributed by atoms with van der Waals surface area (Å²) in [6.07, 6.45) is 0.0850. The molecule has 2 aromatic carbocycles. The third kappa shape index (κ3) is 3.22. The maximum atomic E-state index is 9.55. The smallest absolute Gasteiger partial charge is 0.127 e. The third-order valence-electron chi connectivity index (χ3n) is 2.84. The highest BCUT2D eigenvalue weighted by atomic mass is 16.5. The van der Waals surface area contributed by atoms with Gasteiger partial charge in [0.25, 0.3) is 0 Å². The van der Waals surface area contributed by atoms with Crippen LogP contribution in [0.15, 0.2) is 42.5 Å². The van der Waals surface area contributed by atoms with Crippen LogP contribution >= 0.6 is 0 Å². The molecule has 0 radical (unpaired) electrons. The molecule has 0 saturated heterocycles. The Morgan fingerprint density at radius 1 is 1.17 bits per heavy atom. The Balaban J connectivity index is 1.99. The van der Waals surface area contributed by atoms with Crippen LogP contribution in [0.4, 0.5) is 0 Å². The number of fused-ring (bicyclic) bond motifs is 1. The van der Waals surface area contributed by atoms with E-state index in [0.29, 0.717) is 13.0 Å². The highest BCUT2D eigenvalue weighted by Gasteiger charge is 2.04. The molecule has 0 aromatic heterocycles. The van der Waals surface area contributed by atoms with Gasteiger partial charge in [0.05, 0.1) is 6.61 Å². The molecule has 0 spiro atoms. The second-order valence-corrected chi connectivity index (χ2v) is 4.19. The van der Waals surface area contributed by atoms with E-state index >= 15 is 0 Å². The molecule has 3 nitrogen and oxygen atoms in total. The summed E-state index contributed by atoms with van der Waals surface area (Å²) in [6, 6.07) is 14.1. The lowest BCUT2D eigenvalue weighted by Crippen LogP contribution is -2.29. The summed E-state index contributed by atoms with van der Waals surface area (Å²) in [5, 5.41) is 14.8. The van der Waals surface area contributed by atoms with Gasteiger partial charge in [-0.1, -0.05) is 43.3 Å². The lowest BCUT2D eigenvalue weighted by molar-refractivity contribution is 0.110. The van der Waals surface area contributed by atoms with E-state index in [1.807, 2.05) is 37.3 Å². The van der Waals surface area contributed by atoms with Crippen molar-refractivity contribution in [2.45, 2.75) is 19.6 Å². The number of ether oxygens (including phenoxy) is 1. The van der Waals surface area contributed by atoms with Crippen LogP contribution in [-0.2, 0) is 0 Å². The van der Waals surface area contributed by atoms with Gasteiger partial charge in [-0.15, -0.1) is 0 Å². The zero-order valence-electron chi connectivity index (χ0n) is 10.6. The van der Waals surface area contributed by atoms with Gasteiger partial charge in [0, 0.05) is 11.8 Å². The van der Waals surface area contributed by atoms with Crippen LogP contribution in [0.5, 0.6) is 5.75 Å².